The fourth-order valence-electron chi connectivity index (χ4n) is 1.23. The average molecular weight is 163 g/mol. The Labute approximate surface area is 72.6 Å². The van der Waals surface area contributed by atoms with Gasteiger partial charge in [0.2, 0.25) is 6.41 Å². The van der Waals surface area contributed by atoms with Crippen LogP contribution in [0.2, 0.25) is 0 Å². The smallest absolute Gasteiger partial charge is 0.207 e. The second kappa shape index (κ2) is 4.54. The molecule has 0 spiro atoms. The summed E-state index contributed by atoms with van der Waals surface area (Å²) in [6.07, 6.45) is 1.74. The van der Waals surface area contributed by atoms with Gasteiger partial charge in [-0.1, -0.05) is 31.2 Å². The summed E-state index contributed by atoms with van der Waals surface area (Å²) in [6.45, 7) is 2.74. The summed E-state index contributed by atoms with van der Waals surface area (Å²) in [5.74, 6) is 0. The molecule has 12 heavy (non-hydrogen) atoms. The van der Waals surface area contributed by atoms with E-state index in [9.17, 15) is 4.79 Å². The van der Waals surface area contributed by atoms with Gasteiger partial charge in [-0.15, -0.1) is 0 Å². The van der Waals surface area contributed by atoms with Gasteiger partial charge >= 0.3 is 0 Å². The average Bonchev–Trinajstić information content (AvgIpc) is 2.15. The van der Waals surface area contributed by atoms with E-state index in [2.05, 4.69) is 18.3 Å². The van der Waals surface area contributed by atoms with Crippen molar-refractivity contribution in [1.29, 1.82) is 0 Å². The van der Waals surface area contributed by atoms with Crippen LogP contribution < -0.4 is 5.32 Å². The van der Waals surface area contributed by atoms with Gasteiger partial charge in [-0.05, 0) is 17.5 Å². The van der Waals surface area contributed by atoms with Crippen LogP contribution in [0.3, 0.4) is 0 Å². The van der Waals surface area contributed by atoms with Crippen LogP contribution >= 0.6 is 0 Å². The molecule has 0 saturated carbocycles. The van der Waals surface area contributed by atoms with Crippen LogP contribution in [0.25, 0.3) is 0 Å². The predicted octanol–water partition coefficient (Wildman–Crippen LogP) is 1.49. The molecule has 1 rings (SSSR count). The fourth-order valence-corrected chi connectivity index (χ4v) is 1.23. The van der Waals surface area contributed by atoms with Gasteiger partial charge in [-0.25, -0.2) is 0 Å². The van der Waals surface area contributed by atoms with Crippen LogP contribution in [0.1, 0.15) is 18.1 Å². The minimum atomic E-state index is 0.632. The van der Waals surface area contributed by atoms with E-state index >= 15 is 0 Å². The first-order chi connectivity index (χ1) is 5.88. The second-order valence-corrected chi connectivity index (χ2v) is 2.62. The first-order valence-electron chi connectivity index (χ1n) is 4.12. The Morgan fingerprint density at radius 2 is 2.00 bits per heavy atom. The molecule has 0 saturated heterocycles. The van der Waals surface area contributed by atoms with Crippen LogP contribution in [0, 0.1) is 0 Å². The van der Waals surface area contributed by atoms with Crippen molar-refractivity contribution < 1.29 is 4.79 Å². The molecule has 1 aromatic carbocycles. The quantitative estimate of drug-likeness (QED) is 0.669. The lowest BCUT2D eigenvalue weighted by molar-refractivity contribution is -0.109. The molecule has 0 heterocycles. The van der Waals surface area contributed by atoms with Crippen molar-refractivity contribution in [3.05, 3.63) is 35.4 Å². The molecular weight excluding hydrogens is 150 g/mol. The monoisotopic (exact) mass is 163 g/mol. The molecule has 2 nitrogen and oxygen atoms in total. The van der Waals surface area contributed by atoms with Gasteiger partial charge in [0.05, 0.1) is 0 Å². The summed E-state index contributed by atoms with van der Waals surface area (Å²) in [5.41, 5.74) is 2.50. The van der Waals surface area contributed by atoms with Crippen LogP contribution in [0.15, 0.2) is 24.3 Å². The highest BCUT2D eigenvalue weighted by atomic mass is 16.1. The third-order valence-electron chi connectivity index (χ3n) is 1.88. The highest BCUT2D eigenvalue weighted by Gasteiger charge is 1.96. The van der Waals surface area contributed by atoms with Gasteiger partial charge in [0.25, 0.3) is 0 Å². The van der Waals surface area contributed by atoms with Crippen molar-refractivity contribution >= 4 is 6.41 Å². The van der Waals surface area contributed by atoms with E-state index in [1.54, 1.807) is 0 Å². The number of aryl methyl sites for hydroxylation is 1. The maximum atomic E-state index is 10.1. The standard InChI is InChI=1S/C10H13NO/c1-2-9-5-3-4-6-10(9)7-11-8-12/h3-6,8H,2,7H2,1H3,(H,11,12). The second-order valence-electron chi connectivity index (χ2n) is 2.62. The largest absolute Gasteiger partial charge is 0.355 e. The maximum Gasteiger partial charge on any atom is 0.207 e. The van der Waals surface area contributed by atoms with E-state index in [4.69, 9.17) is 0 Å². The van der Waals surface area contributed by atoms with Crippen molar-refractivity contribution in [1.82, 2.24) is 5.32 Å². The molecule has 0 atom stereocenters. The van der Waals surface area contributed by atoms with E-state index < -0.39 is 0 Å². The Morgan fingerprint density at radius 1 is 1.33 bits per heavy atom. The molecule has 0 aliphatic rings. The van der Waals surface area contributed by atoms with E-state index in [1.165, 1.54) is 11.1 Å². The highest BCUT2D eigenvalue weighted by Crippen LogP contribution is 2.08. The topological polar surface area (TPSA) is 29.1 Å². The number of benzene rings is 1. The molecule has 0 unspecified atom stereocenters. The van der Waals surface area contributed by atoms with Gasteiger partial charge in [0, 0.05) is 6.54 Å². The van der Waals surface area contributed by atoms with E-state index in [-0.39, 0.29) is 0 Å². The van der Waals surface area contributed by atoms with Crippen molar-refractivity contribution in [3.63, 3.8) is 0 Å². The van der Waals surface area contributed by atoms with Crippen molar-refractivity contribution in [2.24, 2.45) is 0 Å². The summed E-state index contributed by atoms with van der Waals surface area (Å²) in [6, 6.07) is 8.13. The number of hydrogen-bond acceptors (Lipinski definition) is 1. The number of rotatable bonds is 4. The van der Waals surface area contributed by atoms with E-state index in [0.29, 0.717) is 6.54 Å². The number of carbonyl (C=O) groups is 1. The molecule has 0 aromatic heterocycles. The third kappa shape index (κ3) is 2.09. The summed E-state index contributed by atoms with van der Waals surface area (Å²) in [7, 11) is 0. The summed E-state index contributed by atoms with van der Waals surface area (Å²) < 4.78 is 0. The molecule has 0 bridgehead atoms. The lowest BCUT2D eigenvalue weighted by Crippen LogP contribution is -2.11. The van der Waals surface area contributed by atoms with Crippen molar-refractivity contribution in [3.8, 4) is 0 Å². The van der Waals surface area contributed by atoms with Gasteiger partial charge in [0.15, 0.2) is 0 Å². The Morgan fingerprint density at radius 3 is 2.58 bits per heavy atom. The van der Waals surface area contributed by atoms with Gasteiger partial charge in [-0.3, -0.25) is 4.79 Å². The first-order valence-corrected chi connectivity index (χ1v) is 4.12. The molecule has 0 aliphatic heterocycles. The minimum absolute atomic E-state index is 0.632. The van der Waals surface area contributed by atoms with Crippen LogP contribution in [-0.4, -0.2) is 6.41 Å². The van der Waals surface area contributed by atoms with Crippen LogP contribution in [-0.2, 0) is 17.8 Å². The molecule has 64 valence electrons. The number of carbonyl (C=O) groups excluding carboxylic acids is 1. The molecule has 0 radical (unpaired) electrons. The van der Waals surface area contributed by atoms with Gasteiger partial charge in [0.1, 0.15) is 0 Å². The normalized spacial score (nSPS) is 9.42. The Kier molecular flexibility index (Phi) is 3.33. The summed E-state index contributed by atoms with van der Waals surface area (Å²) >= 11 is 0. The molecule has 0 fully saturated rings. The van der Waals surface area contributed by atoms with Crippen LogP contribution in [0.5, 0.6) is 0 Å². The number of amides is 1. The zero-order chi connectivity index (χ0) is 8.81. The Hall–Kier alpha value is -1.31. The van der Waals surface area contributed by atoms with E-state index in [0.717, 1.165) is 12.8 Å². The van der Waals surface area contributed by atoms with E-state index in [1.807, 2.05) is 18.2 Å². The molecule has 0 aliphatic carbocycles. The summed E-state index contributed by atoms with van der Waals surface area (Å²) in [5, 5.41) is 2.66. The number of nitrogens with one attached hydrogen (secondary N) is 1. The fraction of sp³-hybridized carbons (Fsp3) is 0.300. The SMILES string of the molecule is CCc1ccccc1CNC=O. The predicted molar refractivity (Wildman–Crippen MR) is 48.7 cm³/mol. The number of hydrogen-bond donors (Lipinski definition) is 1. The first kappa shape index (κ1) is 8.78. The maximum absolute atomic E-state index is 10.1. The molecule has 1 amide bonds. The minimum Gasteiger partial charge on any atom is -0.355 e. The lowest BCUT2D eigenvalue weighted by atomic mass is 10.1. The Bertz CT molecular complexity index is 258. The lowest BCUT2D eigenvalue weighted by Gasteiger charge is -2.05. The molecule has 1 aromatic rings. The zero-order valence-electron chi connectivity index (χ0n) is 7.21. The molecule has 2 heteroatoms. The third-order valence-corrected chi connectivity index (χ3v) is 1.88. The Balaban J connectivity index is 2.74. The van der Waals surface area contributed by atoms with Gasteiger partial charge < -0.3 is 5.32 Å². The van der Waals surface area contributed by atoms with Crippen molar-refractivity contribution in [2.45, 2.75) is 19.9 Å². The highest BCUT2D eigenvalue weighted by molar-refractivity contribution is 5.46. The van der Waals surface area contributed by atoms with Gasteiger partial charge in [-0.2, -0.15) is 0 Å². The molecular formula is C10H13NO. The summed E-state index contributed by atoms with van der Waals surface area (Å²) in [4.78, 5) is 10.1. The zero-order valence-corrected chi connectivity index (χ0v) is 7.21. The van der Waals surface area contributed by atoms with Crippen molar-refractivity contribution in [2.75, 3.05) is 0 Å². The van der Waals surface area contributed by atoms with Crippen LogP contribution in [0.4, 0.5) is 0 Å². The molecule has 1 N–H and O–H groups in total.